The van der Waals surface area contributed by atoms with E-state index in [1.54, 1.807) is 5.43 Å². The van der Waals surface area contributed by atoms with Crippen LogP contribution in [0.1, 0.15) is 6.92 Å². The van der Waals surface area contributed by atoms with Crippen LogP contribution in [-0.4, -0.2) is 18.4 Å². The van der Waals surface area contributed by atoms with Gasteiger partial charge in [-0.1, -0.05) is 0 Å². The van der Waals surface area contributed by atoms with Crippen LogP contribution in [0.2, 0.25) is 0 Å². The Morgan fingerprint density at radius 2 is 2.10 bits per heavy atom. The first kappa shape index (κ1) is 8.54. The second-order valence-electron chi connectivity index (χ2n) is 1.59. The lowest BCUT2D eigenvalue weighted by Crippen LogP contribution is -2.34. The molecule has 0 unspecified atom stereocenters. The molecule has 0 saturated carbocycles. The van der Waals surface area contributed by atoms with Crippen molar-refractivity contribution in [1.29, 1.82) is 0 Å². The molecule has 0 aliphatic carbocycles. The summed E-state index contributed by atoms with van der Waals surface area (Å²) in [7, 11) is 0. The van der Waals surface area contributed by atoms with Gasteiger partial charge in [-0.25, -0.2) is 4.79 Å². The highest BCUT2D eigenvalue weighted by Gasteiger charge is 1.98. The van der Waals surface area contributed by atoms with E-state index in [-0.39, 0.29) is 12.3 Å². The van der Waals surface area contributed by atoms with Crippen molar-refractivity contribution < 1.29 is 9.59 Å². The lowest BCUT2D eigenvalue weighted by atomic mass is 10.4. The summed E-state index contributed by atoms with van der Waals surface area (Å²) in [5.41, 5.74) is 1.57. The first-order valence-electron chi connectivity index (χ1n) is 2.52. The van der Waals surface area contributed by atoms with Crippen molar-refractivity contribution in [1.82, 2.24) is 10.7 Å². The molecule has 10 heavy (non-hydrogen) atoms. The number of urea groups is 1. The van der Waals surface area contributed by atoms with E-state index >= 15 is 0 Å². The predicted molar refractivity (Wildman–Crippen MR) is 33.0 cm³/mol. The Kier molecular flexibility index (Phi) is 3.78. The van der Waals surface area contributed by atoms with E-state index in [2.05, 4.69) is 10.6 Å². The number of hydrogen-bond acceptors (Lipinski definition) is 4. The van der Waals surface area contributed by atoms with E-state index in [1.165, 1.54) is 6.92 Å². The van der Waals surface area contributed by atoms with Crippen LogP contribution in [0.5, 0.6) is 0 Å². The molecular weight excluding hydrogens is 138 g/mol. The first-order chi connectivity index (χ1) is 4.66. The number of Topliss-reactive ketones (excluding diaryl/α,β-unsaturated/α-hetero) is 1. The fourth-order valence-electron chi connectivity index (χ4n) is 0.286. The van der Waals surface area contributed by atoms with E-state index in [0.29, 0.717) is 0 Å². The van der Waals surface area contributed by atoms with E-state index < -0.39 is 6.03 Å². The largest absolute Gasteiger partial charge is 0.338 e. The number of carbonyl (C=O) groups is 2. The van der Waals surface area contributed by atoms with Crippen molar-refractivity contribution in [3.8, 4) is 0 Å². The Hall–Kier alpha value is -1.46. The topological polar surface area (TPSA) is 87.6 Å². The summed E-state index contributed by atoms with van der Waals surface area (Å²) < 4.78 is 0. The maximum atomic E-state index is 10.3. The van der Waals surface area contributed by atoms with Gasteiger partial charge in [0.25, 0.3) is 0 Å². The lowest BCUT2D eigenvalue weighted by molar-refractivity contribution is -0.116. The molecular formula is C4H7N3O3. The number of amides is 2. The molecule has 0 aromatic heterocycles. The van der Waals surface area contributed by atoms with E-state index in [0.717, 1.165) is 0 Å². The quantitative estimate of drug-likeness (QED) is 0.416. The van der Waals surface area contributed by atoms with Crippen LogP contribution in [0.25, 0.3) is 0 Å². The molecule has 0 saturated heterocycles. The average Bonchev–Trinajstić information content (AvgIpc) is 1.85. The molecule has 0 atom stereocenters. The van der Waals surface area contributed by atoms with E-state index in [4.69, 9.17) is 0 Å². The summed E-state index contributed by atoms with van der Waals surface area (Å²) in [6, 6.07) is -0.773. The van der Waals surface area contributed by atoms with Gasteiger partial charge < -0.3 is 5.32 Å². The van der Waals surface area contributed by atoms with Crippen LogP contribution < -0.4 is 10.7 Å². The van der Waals surface area contributed by atoms with Gasteiger partial charge in [0.15, 0.2) is 0 Å². The van der Waals surface area contributed by atoms with Crippen LogP contribution in [0.4, 0.5) is 4.79 Å². The van der Waals surface area contributed by atoms with Crippen molar-refractivity contribution in [2.24, 2.45) is 5.29 Å². The molecule has 56 valence electrons. The predicted octanol–water partition coefficient (Wildman–Crippen LogP) is -0.444. The highest BCUT2D eigenvalue weighted by molar-refractivity contribution is 5.83. The fraction of sp³-hybridized carbons (Fsp3) is 0.500. The maximum absolute atomic E-state index is 10.3. The molecule has 6 heteroatoms. The second kappa shape index (κ2) is 4.42. The Morgan fingerprint density at radius 1 is 1.50 bits per heavy atom. The highest BCUT2D eigenvalue weighted by atomic mass is 16.3. The number of nitrogens with one attached hydrogen (secondary N) is 2. The van der Waals surface area contributed by atoms with Gasteiger partial charge >= 0.3 is 6.03 Å². The summed E-state index contributed by atoms with van der Waals surface area (Å²) in [6.45, 7) is 1.22. The smallest absolute Gasteiger partial charge is 0.330 e. The summed E-state index contributed by atoms with van der Waals surface area (Å²) >= 11 is 0. The Morgan fingerprint density at radius 3 is 2.50 bits per heavy atom. The third kappa shape index (κ3) is 4.69. The Bertz CT molecular complexity index is 156. The number of carbonyl (C=O) groups excluding carboxylic acids is 2. The van der Waals surface area contributed by atoms with Crippen molar-refractivity contribution in [3.63, 3.8) is 0 Å². The lowest BCUT2D eigenvalue weighted by Gasteiger charge is -1.96. The zero-order chi connectivity index (χ0) is 7.98. The molecule has 0 bridgehead atoms. The van der Waals surface area contributed by atoms with Gasteiger partial charge in [0, 0.05) is 0 Å². The van der Waals surface area contributed by atoms with Gasteiger partial charge in [-0.3, -0.25) is 4.79 Å². The number of ketones is 1. The molecule has 0 aromatic rings. The number of nitroso groups, excluding NO2 is 1. The third-order valence-electron chi connectivity index (χ3n) is 0.645. The van der Waals surface area contributed by atoms with Gasteiger partial charge in [0.05, 0.1) is 11.8 Å². The van der Waals surface area contributed by atoms with Gasteiger partial charge in [0.2, 0.25) is 0 Å². The fourth-order valence-corrected chi connectivity index (χ4v) is 0.286. The van der Waals surface area contributed by atoms with E-state index in [9.17, 15) is 14.5 Å². The molecule has 2 amide bonds. The summed E-state index contributed by atoms with van der Waals surface area (Å²) in [5.74, 6) is -0.193. The van der Waals surface area contributed by atoms with Crippen molar-refractivity contribution in [3.05, 3.63) is 4.91 Å². The molecule has 0 spiro atoms. The van der Waals surface area contributed by atoms with Crippen LogP contribution in [-0.2, 0) is 4.79 Å². The zero-order valence-electron chi connectivity index (χ0n) is 5.38. The summed E-state index contributed by atoms with van der Waals surface area (Å²) in [4.78, 5) is 29.8. The Balaban J connectivity index is 3.39. The molecule has 6 nitrogen and oxygen atoms in total. The molecule has 0 aliphatic heterocycles. The normalized spacial score (nSPS) is 8.10. The molecule has 0 aliphatic rings. The first-order valence-corrected chi connectivity index (χ1v) is 2.52. The van der Waals surface area contributed by atoms with Crippen LogP contribution in [0.15, 0.2) is 5.29 Å². The van der Waals surface area contributed by atoms with Crippen LogP contribution in [0.3, 0.4) is 0 Å². The number of nitrogens with zero attached hydrogens (tertiary/aromatic N) is 1. The molecule has 0 heterocycles. The van der Waals surface area contributed by atoms with Gasteiger partial charge in [0.1, 0.15) is 5.78 Å². The minimum atomic E-state index is -0.773. The average molecular weight is 145 g/mol. The van der Waals surface area contributed by atoms with Crippen LogP contribution >= 0.6 is 0 Å². The van der Waals surface area contributed by atoms with Crippen molar-refractivity contribution in [2.75, 3.05) is 6.54 Å². The van der Waals surface area contributed by atoms with Crippen molar-refractivity contribution >= 4 is 11.8 Å². The third-order valence-corrected chi connectivity index (χ3v) is 0.645. The minimum Gasteiger partial charge on any atom is -0.330 e. The summed E-state index contributed by atoms with van der Waals surface area (Å²) in [6.07, 6.45) is 0. The molecule has 0 aromatic carbocycles. The second-order valence-corrected chi connectivity index (χ2v) is 1.59. The van der Waals surface area contributed by atoms with E-state index in [1.807, 2.05) is 0 Å². The molecule has 2 N–H and O–H groups in total. The van der Waals surface area contributed by atoms with Crippen molar-refractivity contribution in [2.45, 2.75) is 6.92 Å². The molecule has 0 radical (unpaired) electrons. The maximum Gasteiger partial charge on any atom is 0.338 e. The highest BCUT2D eigenvalue weighted by Crippen LogP contribution is 1.66. The number of rotatable bonds is 3. The SMILES string of the molecule is CC(=O)CNC(=O)NN=O. The van der Waals surface area contributed by atoms with Gasteiger partial charge in [-0.15, -0.1) is 4.91 Å². The van der Waals surface area contributed by atoms with Crippen LogP contribution in [0, 0.1) is 4.91 Å². The molecule has 0 fully saturated rings. The van der Waals surface area contributed by atoms with Gasteiger partial charge in [-0.05, 0) is 6.92 Å². The minimum absolute atomic E-state index is 0.0959. The zero-order valence-corrected chi connectivity index (χ0v) is 5.38. The summed E-state index contributed by atoms with van der Waals surface area (Å²) in [5, 5.41) is 4.18. The number of hydrogen-bond donors (Lipinski definition) is 2. The van der Waals surface area contributed by atoms with Gasteiger partial charge in [-0.2, -0.15) is 5.43 Å². The standard InChI is InChI=1S/C4H7N3O3/c1-3(8)2-5-4(9)6-7-10/h2H2,1H3,(H2,5,6,9,10). The monoisotopic (exact) mass is 145 g/mol. The molecule has 0 rings (SSSR count). The Labute approximate surface area is 56.9 Å².